The van der Waals surface area contributed by atoms with Crippen molar-refractivity contribution in [2.75, 3.05) is 18.4 Å². The van der Waals surface area contributed by atoms with Gasteiger partial charge in [-0.25, -0.2) is 15.0 Å². The molecule has 0 radical (unpaired) electrons. The van der Waals surface area contributed by atoms with Crippen molar-refractivity contribution in [1.82, 2.24) is 29.8 Å². The van der Waals surface area contributed by atoms with Crippen LogP contribution in [0.25, 0.3) is 16.9 Å². The van der Waals surface area contributed by atoms with E-state index in [-0.39, 0.29) is 0 Å². The van der Waals surface area contributed by atoms with Gasteiger partial charge in [-0.3, -0.25) is 9.55 Å². The molecular weight excluding hydrogens is 302 g/mol. The largest absolute Gasteiger partial charge is 0.365 e. The topological polar surface area (TPSA) is 80.5 Å². The van der Waals surface area contributed by atoms with E-state index in [9.17, 15) is 0 Å². The summed E-state index contributed by atoms with van der Waals surface area (Å²) in [5.41, 5.74) is 1.62. The first-order valence-corrected chi connectivity index (χ1v) is 7.46. The van der Waals surface area contributed by atoms with Gasteiger partial charge in [-0.2, -0.15) is 0 Å². The van der Waals surface area contributed by atoms with Crippen molar-refractivity contribution in [2.45, 2.75) is 12.5 Å². The van der Waals surface area contributed by atoms with Gasteiger partial charge in [0.15, 0.2) is 5.82 Å². The van der Waals surface area contributed by atoms with Crippen molar-refractivity contribution in [1.29, 1.82) is 0 Å². The maximum absolute atomic E-state index is 5.89. The third-order valence-electron chi connectivity index (χ3n) is 3.68. The first-order chi connectivity index (χ1) is 10.8. The first-order valence-electron chi connectivity index (χ1n) is 7.08. The van der Waals surface area contributed by atoms with Gasteiger partial charge < -0.3 is 10.6 Å². The molecule has 0 bridgehead atoms. The fraction of sp³-hybridized carbons (Fsp3) is 0.286. The van der Waals surface area contributed by atoms with Gasteiger partial charge in [0.1, 0.15) is 17.3 Å². The number of nitrogens with zero attached hydrogens (tertiary/aromatic N) is 5. The average molecular weight is 316 g/mol. The van der Waals surface area contributed by atoms with E-state index in [0.717, 1.165) is 36.4 Å². The van der Waals surface area contributed by atoms with Crippen molar-refractivity contribution < 1.29 is 0 Å². The summed E-state index contributed by atoms with van der Waals surface area (Å²) < 4.78 is 1.85. The quantitative estimate of drug-likeness (QED) is 0.715. The second-order valence-corrected chi connectivity index (χ2v) is 5.59. The highest BCUT2D eigenvalue weighted by Gasteiger charge is 2.15. The molecule has 7 nitrogen and oxygen atoms in total. The van der Waals surface area contributed by atoms with Gasteiger partial charge in [-0.15, -0.1) is 0 Å². The third kappa shape index (κ3) is 2.49. The molecule has 0 spiro atoms. The Bertz CT molecular complexity index is 810. The van der Waals surface area contributed by atoms with Gasteiger partial charge >= 0.3 is 0 Å². The van der Waals surface area contributed by atoms with Gasteiger partial charge in [0.05, 0.1) is 29.6 Å². The number of halogens is 1. The van der Waals surface area contributed by atoms with Crippen LogP contribution >= 0.6 is 11.6 Å². The minimum absolute atomic E-state index is 0.393. The SMILES string of the molecule is Clc1cc2ncn(-c3cncc(N[C@@H]4CCNC4)n3)c2cn1. The highest BCUT2D eigenvalue weighted by Crippen LogP contribution is 2.19. The summed E-state index contributed by atoms with van der Waals surface area (Å²) >= 11 is 5.89. The fourth-order valence-corrected chi connectivity index (χ4v) is 2.75. The van der Waals surface area contributed by atoms with Crippen molar-refractivity contribution in [3.8, 4) is 5.82 Å². The second kappa shape index (κ2) is 5.51. The molecule has 3 aromatic heterocycles. The molecule has 0 unspecified atom stereocenters. The molecule has 0 aliphatic carbocycles. The summed E-state index contributed by atoms with van der Waals surface area (Å²) in [6.45, 7) is 1.98. The number of anilines is 1. The van der Waals surface area contributed by atoms with E-state index in [1.54, 1.807) is 31.0 Å². The number of aromatic nitrogens is 5. The van der Waals surface area contributed by atoms with Crippen molar-refractivity contribution >= 4 is 28.5 Å². The number of rotatable bonds is 3. The predicted molar refractivity (Wildman–Crippen MR) is 84.4 cm³/mol. The fourth-order valence-electron chi connectivity index (χ4n) is 2.59. The highest BCUT2D eigenvalue weighted by atomic mass is 35.5. The van der Waals surface area contributed by atoms with Crippen LogP contribution in [0, 0.1) is 0 Å². The lowest BCUT2D eigenvalue weighted by atomic mass is 10.3. The van der Waals surface area contributed by atoms with Gasteiger partial charge in [-0.1, -0.05) is 11.6 Å². The molecule has 1 saturated heterocycles. The summed E-state index contributed by atoms with van der Waals surface area (Å²) in [5.74, 6) is 1.46. The lowest BCUT2D eigenvalue weighted by Crippen LogP contribution is -2.23. The molecule has 8 heteroatoms. The number of nitrogens with one attached hydrogen (secondary N) is 2. The minimum atomic E-state index is 0.393. The average Bonchev–Trinajstić information content (AvgIpc) is 3.16. The summed E-state index contributed by atoms with van der Waals surface area (Å²) in [5, 5.41) is 7.14. The third-order valence-corrected chi connectivity index (χ3v) is 3.89. The Hall–Kier alpha value is -2.25. The number of fused-ring (bicyclic) bond motifs is 1. The second-order valence-electron chi connectivity index (χ2n) is 5.21. The van der Waals surface area contributed by atoms with E-state index in [0.29, 0.717) is 17.0 Å². The number of hydrogen-bond donors (Lipinski definition) is 2. The van der Waals surface area contributed by atoms with Crippen LogP contribution in [-0.2, 0) is 0 Å². The standard InChI is InChI=1S/C14H14ClN7/c15-12-3-10-11(5-18-12)22(8-19-10)14-7-17-6-13(21-14)20-9-1-2-16-4-9/h3,5-9,16H,1-2,4H2,(H,20,21)/t9-/m1/s1. The van der Waals surface area contributed by atoms with Crippen LogP contribution in [0.3, 0.4) is 0 Å². The monoisotopic (exact) mass is 315 g/mol. The van der Waals surface area contributed by atoms with E-state index in [2.05, 4.69) is 30.6 Å². The van der Waals surface area contributed by atoms with Crippen LogP contribution in [0.15, 0.2) is 31.0 Å². The molecule has 22 heavy (non-hydrogen) atoms. The Balaban J connectivity index is 1.68. The van der Waals surface area contributed by atoms with Crippen molar-refractivity contribution in [3.63, 3.8) is 0 Å². The zero-order valence-corrected chi connectivity index (χ0v) is 12.5. The van der Waals surface area contributed by atoms with Gasteiger partial charge in [0.2, 0.25) is 0 Å². The summed E-state index contributed by atoms with van der Waals surface area (Å²) in [6.07, 6.45) is 7.91. The minimum Gasteiger partial charge on any atom is -0.365 e. The molecule has 0 amide bonds. The lowest BCUT2D eigenvalue weighted by molar-refractivity contribution is 0.785. The van der Waals surface area contributed by atoms with E-state index in [1.165, 1.54) is 0 Å². The molecule has 0 aromatic carbocycles. The molecule has 3 aromatic rings. The molecule has 112 valence electrons. The number of hydrogen-bond acceptors (Lipinski definition) is 6. The number of imidazole rings is 1. The maximum atomic E-state index is 5.89. The van der Waals surface area contributed by atoms with Crippen LogP contribution in [-0.4, -0.2) is 43.6 Å². The molecular formula is C14H14ClN7. The predicted octanol–water partition coefficient (Wildman–Crippen LogP) is 1.64. The molecule has 0 saturated carbocycles. The van der Waals surface area contributed by atoms with Crippen LogP contribution < -0.4 is 10.6 Å². The molecule has 1 fully saturated rings. The van der Waals surface area contributed by atoms with Gasteiger partial charge in [0.25, 0.3) is 0 Å². The molecule has 1 aliphatic rings. The highest BCUT2D eigenvalue weighted by molar-refractivity contribution is 6.29. The van der Waals surface area contributed by atoms with E-state index in [1.807, 2.05) is 4.57 Å². The number of pyridine rings is 1. The van der Waals surface area contributed by atoms with Crippen LogP contribution in [0.1, 0.15) is 6.42 Å². The van der Waals surface area contributed by atoms with Crippen LogP contribution in [0.5, 0.6) is 0 Å². The zero-order valence-electron chi connectivity index (χ0n) is 11.7. The molecule has 1 aliphatic heterocycles. The van der Waals surface area contributed by atoms with Crippen molar-refractivity contribution in [3.05, 3.63) is 36.1 Å². The van der Waals surface area contributed by atoms with Gasteiger partial charge in [0, 0.05) is 18.7 Å². The molecule has 2 N–H and O–H groups in total. The van der Waals surface area contributed by atoms with Crippen LogP contribution in [0.2, 0.25) is 5.15 Å². The van der Waals surface area contributed by atoms with E-state index < -0.39 is 0 Å². The smallest absolute Gasteiger partial charge is 0.159 e. The molecule has 1 atom stereocenters. The van der Waals surface area contributed by atoms with E-state index >= 15 is 0 Å². The normalized spacial score (nSPS) is 18.0. The summed E-state index contributed by atoms with van der Waals surface area (Å²) in [7, 11) is 0. The Morgan fingerprint density at radius 2 is 2.23 bits per heavy atom. The summed E-state index contributed by atoms with van der Waals surface area (Å²) in [6, 6.07) is 2.12. The zero-order chi connectivity index (χ0) is 14.9. The Morgan fingerprint density at radius 3 is 3.09 bits per heavy atom. The Morgan fingerprint density at radius 1 is 1.27 bits per heavy atom. The lowest BCUT2D eigenvalue weighted by Gasteiger charge is -2.12. The van der Waals surface area contributed by atoms with E-state index in [4.69, 9.17) is 11.6 Å². The maximum Gasteiger partial charge on any atom is 0.159 e. The molecule has 4 rings (SSSR count). The molecule has 4 heterocycles. The Kier molecular flexibility index (Phi) is 3.36. The Labute approximate surface area is 131 Å². The first kappa shape index (κ1) is 13.4. The van der Waals surface area contributed by atoms with Gasteiger partial charge in [-0.05, 0) is 13.0 Å². The summed E-state index contributed by atoms with van der Waals surface area (Å²) in [4.78, 5) is 17.3. The van der Waals surface area contributed by atoms with Crippen LogP contribution in [0.4, 0.5) is 5.82 Å². The van der Waals surface area contributed by atoms with Crippen molar-refractivity contribution in [2.24, 2.45) is 0 Å².